The summed E-state index contributed by atoms with van der Waals surface area (Å²) in [6.45, 7) is 11.4. The number of rotatable bonds is 5. The lowest BCUT2D eigenvalue weighted by Gasteiger charge is -2.40. The maximum atomic E-state index is 6.10. The fraction of sp³-hybridized carbons (Fsp3) is 0.591. The topological polar surface area (TPSA) is 41.7 Å². The lowest BCUT2D eigenvalue weighted by molar-refractivity contribution is -0.00199. The van der Waals surface area contributed by atoms with Gasteiger partial charge in [0.2, 0.25) is 5.89 Å². The number of ether oxygens (including phenoxy) is 1. The average molecular weight is 404 g/mol. The number of aromatic nitrogens is 1. The minimum absolute atomic E-state index is 0.647. The first-order valence-electron chi connectivity index (χ1n) is 10.4. The van der Waals surface area contributed by atoms with E-state index in [2.05, 4.69) is 16.7 Å². The molecule has 4 rings (SSSR count). The first-order chi connectivity index (χ1) is 13.6. The zero-order valence-corrected chi connectivity index (χ0v) is 17.6. The van der Waals surface area contributed by atoms with Crippen molar-refractivity contribution in [2.24, 2.45) is 5.92 Å². The summed E-state index contributed by atoms with van der Waals surface area (Å²) in [7, 11) is 0. The van der Waals surface area contributed by atoms with Crippen LogP contribution in [-0.2, 0) is 11.3 Å². The van der Waals surface area contributed by atoms with E-state index in [1.165, 1.54) is 12.8 Å². The molecule has 1 atom stereocenters. The molecule has 1 aromatic heterocycles. The first-order valence-corrected chi connectivity index (χ1v) is 10.7. The van der Waals surface area contributed by atoms with Crippen LogP contribution in [0.5, 0.6) is 0 Å². The minimum atomic E-state index is 0.647. The fourth-order valence-electron chi connectivity index (χ4n) is 4.41. The highest BCUT2D eigenvalue weighted by atomic mass is 35.5. The summed E-state index contributed by atoms with van der Waals surface area (Å²) < 4.78 is 11.4. The third-order valence-corrected chi connectivity index (χ3v) is 6.51. The summed E-state index contributed by atoms with van der Waals surface area (Å²) in [5.74, 6) is 2.33. The Labute approximate surface area is 172 Å². The van der Waals surface area contributed by atoms with E-state index in [1.807, 2.05) is 31.2 Å². The van der Waals surface area contributed by atoms with Gasteiger partial charge in [0.15, 0.2) is 0 Å². The SMILES string of the molecule is Cc1oc(-c2cccc(Cl)c2)nc1CN1CCC(C(C)N2CCOCC2)CC1. The Hall–Kier alpha value is -1.40. The van der Waals surface area contributed by atoms with Crippen LogP contribution in [0.25, 0.3) is 11.5 Å². The van der Waals surface area contributed by atoms with Crippen molar-refractivity contribution in [2.45, 2.75) is 39.3 Å². The molecule has 2 aliphatic rings. The highest BCUT2D eigenvalue weighted by Crippen LogP contribution is 2.28. The van der Waals surface area contributed by atoms with E-state index in [9.17, 15) is 0 Å². The van der Waals surface area contributed by atoms with E-state index in [0.29, 0.717) is 17.0 Å². The lowest BCUT2D eigenvalue weighted by Crippen LogP contribution is -2.48. The minimum Gasteiger partial charge on any atom is -0.441 e. The molecule has 5 nitrogen and oxygen atoms in total. The number of benzene rings is 1. The van der Waals surface area contributed by atoms with Crippen LogP contribution >= 0.6 is 11.6 Å². The monoisotopic (exact) mass is 403 g/mol. The molecule has 2 fully saturated rings. The van der Waals surface area contributed by atoms with Gasteiger partial charge in [-0.15, -0.1) is 0 Å². The molecule has 0 amide bonds. The van der Waals surface area contributed by atoms with Gasteiger partial charge in [-0.25, -0.2) is 4.98 Å². The molecule has 28 heavy (non-hydrogen) atoms. The lowest BCUT2D eigenvalue weighted by atomic mass is 9.89. The van der Waals surface area contributed by atoms with Crippen LogP contribution in [0.1, 0.15) is 31.2 Å². The Kier molecular flexibility index (Phi) is 6.36. The zero-order chi connectivity index (χ0) is 19.5. The molecule has 3 heterocycles. The number of oxazole rings is 1. The van der Waals surface area contributed by atoms with Crippen molar-refractivity contribution in [3.8, 4) is 11.5 Å². The Morgan fingerprint density at radius 3 is 2.64 bits per heavy atom. The van der Waals surface area contributed by atoms with Crippen molar-refractivity contribution in [1.82, 2.24) is 14.8 Å². The molecule has 0 radical (unpaired) electrons. The van der Waals surface area contributed by atoms with Gasteiger partial charge in [0.05, 0.1) is 18.9 Å². The number of morpholine rings is 1. The first kappa shape index (κ1) is 19.9. The number of halogens is 1. The molecule has 0 spiro atoms. The van der Waals surface area contributed by atoms with Crippen molar-refractivity contribution >= 4 is 11.6 Å². The van der Waals surface area contributed by atoms with E-state index in [-0.39, 0.29) is 0 Å². The van der Waals surface area contributed by atoms with E-state index >= 15 is 0 Å². The van der Waals surface area contributed by atoms with E-state index in [0.717, 1.165) is 68.9 Å². The standard InChI is InChI=1S/C22H30ClN3O2/c1-16(26-10-12-27-13-11-26)18-6-8-25(9-7-18)15-21-17(2)28-22(24-21)19-4-3-5-20(23)14-19/h3-5,14,16,18H,6-13,15H2,1-2H3. The van der Waals surface area contributed by atoms with Crippen LogP contribution in [0.4, 0.5) is 0 Å². The maximum absolute atomic E-state index is 6.10. The smallest absolute Gasteiger partial charge is 0.226 e. The number of hydrogen-bond donors (Lipinski definition) is 0. The van der Waals surface area contributed by atoms with Crippen LogP contribution in [0.2, 0.25) is 5.02 Å². The van der Waals surface area contributed by atoms with Gasteiger partial charge in [-0.1, -0.05) is 17.7 Å². The van der Waals surface area contributed by atoms with Gasteiger partial charge in [-0.3, -0.25) is 9.80 Å². The van der Waals surface area contributed by atoms with Crippen LogP contribution in [-0.4, -0.2) is 60.2 Å². The predicted molar refractivity (Wildman–Crippen MR) is 112 cm³/mol. The van der Waals surface area contributed by atoms with Crippen LogP contribution in [0, 0.1) is 12.8 Å². The Bertz CT molecular complexity index is 780. The van der Waals surface area contributed by atoms with Crippen molar-refractivity contribution in [1.29, 1.82) is 0 Å². The second-order valence-corrected chi connectivity index (χ2v) is 8.47. The molecule has 0 aliphatic carbocycles. The number of likely N-dealkylation sites (tertiary alicyclic amines) is 1. The number of aryl methyl sites for hydroxylation is 1. The number of piperidine rings is 1. The number of nitrogens with zero attached hydrogens (tertiary/aromatic N) is 3. The maximum Gasteiger partial charge on any atom is 0.226 e. The molecule has 0 bridgehead atoms. The van der Waals surface area contributed by atoms with E-state index in [4.69, 9.17) is 25.7 Å². The van der Waals surface area contributed by atoms with Crippen molar-refractivity contribution in [3.05, 3.63) is 40.7 Å². The summed E-state index contributed by atoms with van der Waals surface area (Å²) in [4.78, 5) is 9.86. The number of hydrogen-bond acceptors (Lipinski definition) is 5. The van der Waals surface area contributed by atoms with Crippen LogP contribution < -0.4 is 0 Å². The largest absolute Gasteiger partial charge is 0.441 e. The van der Waals surface area contributed by atoms with Crippen molar-refractivity contribution < 1.29 is 9.15 Å². The molecule has 2 saturated heterocycles. The molecule has 152 valence electrons. The Balaban J connectivity index is 1.33. The van der Waals surface area contributed by atoms with E-state index < -0.39 is 0 Å². The third kappa shape index (κ3) is 4.60. The summed E-state index contributed by atoms with van der Waals surface area (Å²) in [6, 6.07) is 8.32. The average Bonchev–Trinajstić information content (AvgIpc) is 3.09. The summed E-state index contributed by atoms with van der Waals surface area (Å²) >= 11 is 6.10. The normalized spacial score (nSPS) is 21.1. The molecular formula is C22H30ClN3O2. The molecule has 0 saturated carbocycles. The summed E-state index contributed by atoms with van der Waals surface area (Å²) in [5, 5.41) is 0.700. The van der Waals surface area contributed by atoms with Gasteiger partial charge < -0.3 is 9.15 Å². The molecule has 2 aromatic rings. The highest BCUT2D eigenvalue weighted by molar-refractivity contribution is 6.30. The van der Waals surface area contributed by atoms with E-state index in [1.54, 1.807) is 0 Å². The highest BCUT2D eigenvalue weighted by Gasteiger charge is 2.29. The van der Waals surface area contributed by atoms with Gasteiger partial charge >= 0.3 is 0 Å². The summed E-state index contributed by atoms with van der Waals surface area (Å²) in [5.41, 5.74) is 1.97. The second kappa shape index (κ2) is 8.95. The predicted octanol–water partition coefficient (Wildman–Crippen LogP) is 4.24. The van der Waals surface area contributed by atoms with Gasteiger partial charge in [0.25, 0.3) is 0 Å². The quantitative estimate of drug-likeness (QED) is 0.747. The van der Waals surface area contributed by atoms with Crippen molar-refractivity contribution in [2.75, 3.05) is 39.4 Å². The molecular weight excluding hydrogens is 374 g/mol. The molecule has 1 aromatic carbocycles. The van der Waals surface area contributed by atoms with Crippen LogP contribution in [0.15, 0.2) is 28.7 Å². The van der Waals surface area contributed by atoms with Gasteiger partial charge in [0.1, 0.15) is 5.76 Å². The molecule has 6 heteroatoms. The molecule has 1 unspecified atom stereocenters. The molecule has 0 N–H and O–H groups in total. The van der Waals surface area contributed by atoms with Gasteiger partial charge in [0, 0.05) is 36.3 Å². The fourth-order valence-corrected chi connectivity index (χ4v) is 4.60. The summed E-state index contributed by atoms with van der Waals surface area (Å²) in [6.07, 6.45) is 2.49. The zero-order valence-electron chi connectivity index (χ0n) is 16.9. The molecule has 2 aliphatic heterocycles. The Morgan fingerprint density at radius 1 is 1.18 bits per heavy atom. The Morgan fingerprint density at radius 2 is 1.93 bits per heavy atom. The van der Waals surface area contributed by atoms with Gasteiger partial charge in [-0.2, -0.15) is 0 Å². The van der Waals surface area contributed by atoms with Crippen molar-refractivity contribution in [3.63, 3.8) is 0 Å². The van der Waals surface area contributed by atoms with Crippen LogP contribution in [0.3, 0.4) is 0 Å². The van der Waals surface area contributed by atoms with Gasteiger partial charge in [-0.05, 0) is 63.9 Å². The third-order valence-electron chi connectivity index (χ3n) is 6.27. The second-order valence-electron chi connectivity index (χ2n) is 8.03.